The van der Waals surface area contributed by atoms with E-state index in [4.69, 9.17) is 16.3 Å². The standard InChI is InChI=1S/C20H24ClN3O4/c1-22-7-9-23(10-8-22)17-18(24(11-12-28-2)16(25)13-21)20(27)15-6-4-3-5-14(15)19(17)26/h3-6H,7-13H2,1-2H3. The van der Waals surface area contributed by atoms with Crippen molar-refractivity contribution in [3.05, 3.63) is 46.8 Å². The Morgan fingerprint density at radius 3 is 2.29 bits per heavy atom. The van der Waals surface area contributed by atoms with Gasteiger partial charge in [-0.2, -0.15) is 0 Å². The Labute approximate surface area is 169 Å². The number of Topliss-reactive ketones (excluding diaryl/α,β-unsaturated/α-hetero) is 2. The Morgan fingerprint density at radius 2 is 1.71 bits per heavy atom. The van der Waals surface area contributed by atoms with Crippen LogP contribution in [-0.2, 0) is 9.53 Å². The third-order valence-corrected chi connectivity index (χ3v) is 5.32. The predicted molar refractivity (Wildman–Crippen MR) is 106 cm³/mol. The molecule has 0 saturated carbocycles. The summed E-state index contributed by atoms with van der Waals surface area (Å²) in [5, 5.41) is 0. The first-order chi connectivity index (χ1) is 13.5. The smallest absolute Gasteiger partial charge is 0.242 e. The number of piperazine rings is 1. The van der Waals surface area contributed by atoms with Crippen molar-refractivity contribution < 1.29 is 19.1 Å². The van der Waals surface area contributed by atoms with Crippen LogP contribution in [0.1, 0.15) is 20.7 Å². The first-order valence-electron chi connectivity index (χ1n) is 9.21. The van der Waals surface area contributed by atoms with Crippen LogP contribution >= 0.6 is 11.6 Å². The zero-order chi connectivity index (χ0) is 20.3. The second-order valence-corrected chi connectivity index (χ2v) is 7.13. The minimum absolute atomic E-state index is 0.107. The number of amides is 1. The summed E-state index contributed by atoms with van der Waals surface area (Å²) >= 11 is 5.81. The molecule has 3 rings (SSSR count). The van der Waals surface area contributed by atoms with Crippen LogP contribution in [0.3, 0.4) is 0 Å². The van der Waals surface area contributed by atoms with Gasteiger partial charge in [0.05, 0.1) is 6.61 Å². The largest absolute Gasteiger partial charge is 0.383 e. The summed E-state index contributed by atoms with van der Waals surface area (Å²) in [5.74, 6) is -1.29. The highest BCUT2D eigenvalue weighted by atomic mass is 35.5. The van der Waals surface area contributed by atoms with Crippen LogP contribution in [0.25, 0.3) is 0 Å². The highest BCUT2D eigenvalue weighted by molar-refractivity contribution is 6.30. The van der Waals surface area contributed by atoms with Crippen LogP contribution in [0.4, 0.5) is 0 Å². The highest BCUT2D eigenvalue weighted by Crippen LogP contribution is 2.31. The van der Waals surface area contributed by atoms with Gasteiger partial charge in [0.1, 0.15) is 17.3 Å². The zero-order valence-corrected chi connectivity index (χ0v) is 16.9. The van der Waals surface area contributed by atoms with Crippen molar-refractivity contribution in [2.75, 3.05) is 59.4 Å². The van der Waals surface area contributed by atoms with Crippen LogP contribution < -0.4 is 0 Å². The van der Waals surface area contributed by atoms with E-state index in [1.807, 2.05) is 11.9 Å². The van der Waals surface area contributed by atoms with E-state index >= 15 is 0 Å². The van der Waals surface area contributed by atoms with Crippen LogP contribution in [-0.4, -0.2) is 91.5 Å². The average Bonchev–Trinajstić information content (AvgIpc) is 2.72. The molecule has 1 aliphatic heterocycles. The molecule has 150 valence electrons. The van der Waals surface area contributed by atoms with Gasteiger partial charge in [-0.3, -0.25) is 14.4 Å². The molecular weight excluding hydrogens is 382 g/mol. The third-order valence-electron chi connectivity index (χ3n) is 5.09. The molecule has 1 aliphatic carbocycles. The van der Waals surface area contributed by atoms with E-state index in [1.165, 1.54) is 12.0 Å². The van der Waals surface area contributed by atoms with Gasteiger partial charge < -0.3 is 19.4 Å². The predicted octanol–water partition coefficient (Wildman–Crippen LogP) is 1.24. The van der Waals surface area contributed by atoms with E-state index in [0.29, 0.717) is 24.2 Å². The van der Waals surface area contributed by atoms with Gasteiger partial charge in [0.25, 0.3) is 0 Å². The lowest BCUT2D eigenvalue weighted by molar-refractivity contribution is -0.127. The van der Waals surface area contributed by atoms with Crippen molar-refractivity contribution in [2.24, 2.45) is 0 Å². The molecule has 2 aliphatic rings. The molecule has 0 N–H and O–H groups in total. The Morgan fingerprint density at radius 1 is 1.11 bits per heavy atom. The molecule has 1 heterocycles. The summed E-state index contributed by atoms with van der Waals surface area (Å²) in [6.45, 7) is 3.11. The molecule has 7 nitrogen and oxygen atoms in total. The number of ether oxygens (including phenoxy) is 1. The number of allylic oxidation sites excluding steroid dienone is 2. The molecule has 1 aromatic carbocycles. The minimum Gasteiger partial charge on any atom is -0.383 e. The van der Waals surface area contributed by atoms with Gasteiger partial charge in [-0.25, -0.2) is 0 Å². The number of likely N-dealkylation sites (N-methyl/N-ethyl adjacent to an activating group) is 1. The molecule has 28 heavy (non-hydrogen) atoms. The second-order valence-electron chi connectivity index (χ2n) is 6.86. The number of carbonyl (C=O) groups is 3. The van der Waals surface area contributed by atoms with Crippen LogP contribution in [0, 0.1) is 0 Å². The lowest BCUT2D eigenvalue weighted by Gasteiger charge is -2.39. The number of methoxy groups -OCH3 is 1. The Kier molecular flexibility index (Phi) is 6.49. The third kappa shape index (κ3) is 3.83. The number of alkyl halides is 1. The number of hydrogen-bond donors (Lipinski definition) is 0. The van der Waals surface area contributed by atoms with Gasteiger partial charge in [0.15, 0.2) is 0 Å². The van der Waals surface area contributed by atoms with E-state index in [-0.39, 0.29) is 42.0 Å². The van der Waals surface area contributed by atoms with E-state index in [9.17, 15) is 14.4 Å². The number of nitrogens with zero attached hydrogens (tertiary/aromatic N) is 3. The molecule has 1 saturated heterocycles. The Balaban J connectivity index is 2.14. The second kappa shape index (κ2) is 8.86. The fourth-order valence-corrected chi connectivity index (χ4v) is 3.68. The average molecular weight is 406 g/mol. The number of halogens is 1. The number of fused-ring (bicyclic) bond motifs is 1. The first-order valence-corrected chi connectivity index (χ1v) is 9.74. The van der Waals surface area contributed by atoms with Crippen molar-refractivity contribution in [1.29, 1.82) is 0 Å². The molecule has 1 aromatic rings. The van der Waals surface area contributed by atoms with Gasteiger partial charge in [0, 0.05) is 51.0 Å². The summed E-state index contributed by atoms with van der Waals surface area (Å²) in [7, 11) is 3.53. The maximum Gasteiger partial charge on any atom is 0.242 e. The highest BCUT2D eigenvalue weighted by Gasteiger charge is 2.39. The van der Waals surface area contributed by atoms with E-state index in [0.717, 1.165) is 13.1 Å². The summed E-state index contributed by atoms with van der Waals surface area (Å²) in [5.41, 5.74) is 1.07. The summed E-state index contributed by atoms with van der Waals surface area (Å²) in [4.78, 5) is 44.7. The van der Waals surface area contributed by atoms with Crippen LogP contribution in [0.2, 0.25) is 0 Å². The lowest BCUT2D eigenvalue weighted by atomic mass is 9.88. The minimum atomic E-state index is -0.430. The van der Waals surface area contributed by atoms with Gasteiger partial charge in [-0.1, -0.05) is 24.3 Å². The molecule has 0 atom stereocenters. The fraction of sp³-hybridized carbons (Fsp3) is 0.450. The zero-order valence-electron chi connectivity index (χ0n) is 16.1. The Hall–Kier alpha value is -2.22. The van der Waals surface area contributed by atoms with Crippen LogP contribution in [0.5, 0.6) is 0 Å². The van der Waals surface area contributed by atoms with Crippen molar-refractivity contribution >= 4 is 29.1 Å². The van der Waals surface area contributed by atoms with Crippen molar-refractivity contribution in [3.8, 4) is 0 Å². The number of carbonyl (C=O) groups excluding carboxylic acids is 3. The van der Waals surface area contributed by atoms with Gasteiger partial charge >= 0.3 is 0 Å². The number of hydrogen-bond acceptors (Lipinski definition) is 6. The SMILES string of the molecule is COCCN(C(=O)CCl)C1=C(N2CCN(C)CC2)C(=O)c2ccccc2C1=O. The molecule has 0 aromatic heterocycles. The van der Waals surface area contributed by atoms with Gasteiger partial charge in [-0.15, -0.1) is 11.6 Å². The van der Waals surface area contributed by atoms with Crippen molar-refractivity contribution in [2.45, 2.75) is 0 Å². The number of benzene rings is 1. The summed E-state index contributed by atoms with van der Waals surface area (Å²) < 4.78 is 5.11. The van der Waals surface area contributed by atoms with Crippen molar-refractivity contribution in [1.82, 2.24) is 14.7 Å². The quantitative estimate of drug-likeness (QED) is 0.663. The molecule has 0 radical (unpaired) electrons. The molecule has 1 amide bonds. The molecule has 0 bridgehead atoms. The Bertz CT molecular complexity index is 815. The maximum absolute atomic E-state index is 13.4. The van der Waals surface area contributed by atoms with E-state index < -0.39 is 5.91 Å². The molecule has 1 fully saturated rings. The van der Waals surface area contributed by atoms with Gasteiger partial charge in [0.2, 0.25) is 17.5 Å². The lowest BCUT2D eigenvalue weighted by Crippen LogP contribution is -2.49. The summed E-state index contributed by atoms with van der Waals surface area (Å²) in [6, 6.07) is 6.73. The normalized spacial score (nSPS) is 17.8. The monoisotopic (exact) mass is 405 g/mol. The fourth-order valence-electron chi connectivity index (χ4n) is 3.54. The molecule has 0 unspecified atom stereocenters. The van der Waals surface area contributed by atoms with Crippen LogP contribution in [0.15, 0.2) is 35.7 Å². The maximum atomic E-state index is 13.4. The van der Waals surface area contributed by atoms with Crippen molar-refractivity contribution in [3.63, 3.8) is 0 Å². The number of ketones is 2. The summed E-state index contributed by atoms with van der Waals surface area (Å²) in [6.07, 6.45) is 0. The molecular formula is C20H24ClN3O4. The van der Waals surface area contributed by atoms with Gasteiger partial charge in [-0.05, 0) is 7.05 Å². The van der Waals surface area contributed by atoms with E-state index in [1.54, 1.807) is 24.3 Å². The number of rotatable bonds is 6. The molecule has 8 heteroatoms. The topological polar surface area (TPSA) is 70.2 Å². The van der Waals surface area contributed by atoms with E-state index in [2.05, 4.69) is 4.90 Å². The first kappa shape index (κ1) is 20.5. The molecule has 0 spiro atoms.